The van der Waals surface area contributed by atoms with Crippen LogP contribution in [0.4, 0.5) is 5.95 Å². The van der Waals surface area contributed by atoms with Crippen LogP contribution in [0.15, 0.2) is 77.6 Å². The number of benzene rings is 3. The van der Waals surface area contributed by atoms with Gasteiger partial charge in [-0.2, -0.15) is 0 Å². The second kappa shape index (κ2) is 6.79. The monoisotopic (exact) mass is 384 g/mol. The Morgan fingerprint density at radius 2 is 1.52 bits per heavy atom. The van der Waals surface area contributed by atoms with Crippen LogP contribution in [-0.2, 0) is 4.79 Å². The number of aromatic nitrogens is 2. The fourth-order valence-electron chi connectivity index (χ4n) is 3.53. The average molecular weight is 384 g/mol. The molecule has 5 rings (SSSR count). The number of hydrazine groups is 1. The number of carbonyl (C=O) groups is 1. The fourth-order valence-corrected chi connectivity index (χ4v) is 3.53. The molecule has 0 unspecified atom stereocenters. The summed E-state index contributed by atoms with van der Waals surface area (Å²) in [5.74, 6) is 0.600. The summed E-state index contributed by atoms with van der Waals surface area (Å²) in [6, 6.07) is 21.9. The molecule has 0 saturated heterocycles. The van der Waals surface area contributed by atoms with Crippen molar-refractivity contribution in [1.82, 2.24) is 15.4 Å². The van der Waals surface area contributed by atoms with Gasteiger partial charge in [0.2, 0.25) is 5.95 Å². The highest BCUT2D eigenvalue weighted by Crippen LogP contribution is 2.43. The molecule has 2 heterocycles. The number of nitrogens with zero attached hydrogens (tertiary/aromatic N) is 1. The summed E-state index contributed by atoms with van der Waals surface area (Å²) in [6.07, 6.45) is 0. The van der Waals surface area contributed by atoms with Crippen molar-refractivity contribution in [2.75, 3.05) is 5.43 Å². The minimum absolute atomic E-state index is 0.163. The minimum atomic E-state index is -0.559. The number of nitrogens with one attached hydrogen (secondary N) is 3. The van der Waals surface area contributed by atoms with E-state index in [9.17, 15) is 9.59 Å². The van der Waals surface area contributed by atoms with E-state index in [4.69, 9.17) is 4.74 Å². The fraction of sp³-hybridized carbons (Fsp3) is 0.0455. The normalized spacial score (nSPS) is 12.6. The van der Waals surface area contributed by atoms with Crippen LogP contribution in [0.5, 0.6) is 11.5 Å². The van der Waals surface area contributed by atoms with Gasteiger partial charge in [0.25, 0.3) is 11.5 Å². The molecule has 0 spiro atoms. The Kier molecular flexibility index (Phi) is 3.98. The van der Waals surface area contributed by atoms with E-state index in [1.807, 2.05) is 48.5 Å². The largest absolute Gasteiger partial charge is 0.457 e. The molecule has 0 saturated carbocycles. The van der Waals surface area contributed by atoms with Crippen LogP contribution in [0.2, 0.25) is 0 Å². The van der Waals surface area contributed by atoms with Crippen LogP contribution in [0.3, 0.4) is 0 Å². The molecule has 0 aliphatic carbocycles. The van der Waals surface area contributed by atoms with Gasteiger partial charge in [-0.1, -0.05) is 48.5 Å². The molecule has 3 N–H and O–H groups in total. The molecule has 7 nitrogen and oxygen atoms in total. The van der Waals surface area contributed by atoms with Crippen LogP contribution in [0.25, 0.3) is 10.9 Å². The smallest absolute Gasteiger partial charge is 0.260 e. The summed E-state index contributed by atoms with van der Waals surface area (Å²) in [6.45, 7) is 0. The number of anilines is 1. The Hall–Kier alpha value is -4.13. The maximum Gasteiger partial charge on any atom is 0.260 e. The summed E-state index contributed by atoms with van der Waals surface area (Å²) in [5, 5.41) is 0.483. The van der Waals surface area contributed by atoms with Gasteiger partial charge >= 0.3 is 0 Å². The Labute approximate surface area is 165 Å². The molecule has 29 heavy (non-hydrogen) atoms. The molecule has 1 amide bonds. The third kappa shape index (κ3) is 2.98. The molecule has 1 aromatic heterocycles. The van der Waals surface area contributed by atoms with Crippen molar-refractivity contribution in [3.8, 4) is 11.5 Å². The first-order valence-corrected chi connectivity index (χ1v) is 9.11. The van der Waals surface area contributed by atoms with Crippen molar-refractivity contribution in [3.63, 3.8) is 0 Å². The third-order valence-corrected chi connectivity index (χ3v) is 4.86. The van der Waals surface area contributed by atoms with Gasteiger partial charge in [-0.15, -0.1) is 0 Å². The molecule has 7 heteroatoms. The molecule has 1 aliphatic heterocycles. The minimum Gasteiger partial charge on any atom is -0.457 e. The highest BCUT2D eigenvalue weighted by Gasteiger charge is 2.32. The maximum atomic E-state index is 13.1. The molecule has 0 bridgehead atoms. The van der Waals surface area contributed by atoms with Crippen LogP contribution in [-0.4, -0.2) is 15.9 Å². The lowest BCUT2D eigenvalue weighted by Gasteiger charge is -2.27. The molecule has 3 aromatic carbocycles. The number of carbonyl (C=O) groups excluding carboxylic acids is 1. The quantitative estimate of drug-likeness (QED) is 0.471. The van der Waals surface area contributed by atoms with Crippen LogP contribution in [0.1, 0.15) is 17.0 Å². The first-order valence-electron chi connectivity index (χ1n) is 9.11. The maximum absolute atomic E-state index is 13.1. The highest BCUT2D eigenvalue weighted by molar-refractivity contribution is 5.90. The summed E-state index contributed by atoms with van der Waals surface area (Å²) in [4.78, 5) is 32.3. The molecule has 0 atom stereocenters. The van der Waals surface area contributed by atoms with Crippen LogP contribution in [0, 0.1) is 0 Å². The van der Waals surface area contributed by atoms with E-state index in [1.54, 1.807) is 24.3 Å². The van der Waals surface area contributed by atoms with Gasteiger partial charge < -0.3 is 4.74 Å². The SMILES string of the molecule is O=C(NNc1nc2ccccc2c(=O)[nH]1)C1c2ccccc2Oc2ccccc21. The summed E-state index contributed by atoms with van der Waals surface area (Å²) in [5.41, 5.74) is 7.19. The number of H-pyrrole nitrogens is 1. The standard InChI is InChI=1S/C22H16N4O3/c27-20-13-7-1-4-10-16(13)23-22(24-20)26-25-21(28)19-14-8-2-5-11-17(14)29-18-12-6-3-9-15(18)19/h1-12,19H,(H,25,28)(H2,23,24,26,27). The second-order valence-corrected chi connectivity index (χ2v) is 6.66. The summed E-state index contributed by atoms with van der Waals surface area (Å²) in [7, 11) is 0. The van der Waals surface area contributed by atoms with Gasteiger partial charge in [-0.25, -0.2) is 4.98 Å². The first-order chi connectivity index (χ1) is 14.2. The van der Waals surface area contributed by atoms with Crippen molar-refractivity contribution in [1.29, 1.82) is 0 Å². The number of aromatic amines is 1. The number of amides is 1. The summed E-state index contributed by atoms with van der Waals surface area (Å²) < 4.78 is 5.92. The lowest BCUT2D eigenvalue weighted by Crippen LogP contribution is -2.36. The van der Waals surface area contributed by atoms with Gasteiger partial charge in [0, 0.05) is 11.1 Å². The van der Waals surface area contributed by atoms with Crippen LogP contribution < -0.4 is 21.1 Å². The zero-order chi connectivity index (χ0) is 19.8. The predicted molar refractivity (Wildman–Crippen MR) is 109 cm³/mol. The van der Waals surface area contributed by atoms with E-state index in [1.165, 1.54) is 0 Å². The lowest BCUT2D eigenvalue weighted by molar-refractivity contribution is -0.121. The lowest BCUT2D eigenvalue weighted by atomic mass is 9.87. The average Bonchev–Trinajstić information content (AvgIpc) is 2.76. The number of para-hydroxylation sites is 3. The zero-order valence-electron chi connectivity index (χ0n) is 15.2. The number of hydrogen-bond acceptors (Lipinski definition) is 5. The van der Waals surface area contributed by atoms with Crippen molar-refractivity contribution < 1.29 is 9.53 Å². The molecule has 142 valence electrons. The van der Waals surface area contributed by atoms with Gasteiger partial charge in [0.1, 0.15) is 11.5 Å². The van der Waals surface area contributed by atoms with Crippen molar-refractivity contribution >= 4 is 22.8 Å². The Morgan fingerprint density at radius 1 is 0.897 bits per heavy atom. The molecule has 1 aliphatic rings. The molecule has 0 fully saturated rings. The predicted octanol–water partition coefficient (Wildman–Crippen LogP) is 3.30. The molecule has 0 radical (unpaired) electrons. The van der Waals surface area contributed by atoms with Gasteiger partial charge in [-0.3, -0.25) is 25.4 Å². The zero-order valence-corrected chi connectivity index (χ0v) is 15.2. The van der Waals surface area contributed by atoms with Crippen molar-refractivity contribution in [2.45, 2.75) is 5.92 Å². The number of rotatable bonds is 3. The molecular weight excluding hydrogens is 368 g/mol. The van der Waals surface area contributed by atoms with E-state index in [0.29, 0.717) is 22.4 Å². The van der Waals surface area contributed by atoms with Gasteiger partial charge in [-0.05, 0) is 24.3 Å². The Bertz CT molecular complexity index is 1250. The van der Waals surface area contributed by atoms with Crippen LogP contribution >= 0.6 is 0 Å². The second-order valence-electron chi connectivity index (χ2n) is 6.66. The topological polar surface area (TPSA) is 96.1 Å². The first kappa shape index (κ1) is 17.0. The highest BCUT2D eigenvalue weighted by atomic mass is 16.5. The Morgan fingerprint density at radius 3 is 2.24 bits per heavy atom. The Balaban J connectivity index is 1.45. The summed E-state index contributed by atoms with van der Waals surface area (Å²) >= 11 is 0. The number of ether oxygens (including phenoxy) is 1. The van der Waals surface area contributed by atoms with Crippen molar-refractivity contribution in [3.05, 3.63) is 94.3 Å². The molecule has 4 aromatic rings. The number of fused-ring (bicyclic) bond motifs is 3. The van der Waals surface area contributed by atoms with E-state index in [-0.39, 0.29) is 17.4 Å². The number of hydrogen-bond donors (Lipinski definition) is 3. The van der Waals surface area contributed by atoms with E-state index >= 15 is 0 Å². The van der Waals surface area contributed by atoms with E-state index in [0.717, 1.165) is 11.1 Å². The van der Waals surface area contributed by atoms with Gasteiger partial charge in [0.05, 0.1) is 16.8 Å². The van der Waals surface area contributed by atoms with Gasteiger partial charge in [0.15, 0.2) is 0 Å². The van der Waals surface area contributed by atoms with E-state index in [2.05, 4.69) is 20.8 Å². The third-order valence-electron chi connectivity index (χ3n) is 4.86. The molecular formula is C22H16N4O3. The van der Waals surface area contributed by atoms with Crippen molar-refractivity contribution in [2.24, 2.45) is 0 Å². The van der Waals surface area contributed by atoms with E-state index < -0.39 is 5.92 Å².